The van der Waals surface area contributed by atoms with Crippen LogP contribution in [-0.2, 0) is 20.2 Å². The van der Waals surface area contributed by atoms with E-state index in [2.05, 4.69) is 0 Å². The van der Waals surface area contributed by atoms with Crippen LogP contribution in [0.2, 0.25) is 0 Å². The summed E-state index contributed by atoms with van der Waals surface area (Å²) in [4.78, 5) is 0. The zero-order valence-electron chi connectivity index (χ0n) is 7.53. The van der Waals surface area contributed by atoms with E-state index in [0.29, 0.717) is 0 Å². The van der Waals surface area contributed by atoms with E-state index >= 15 is 0 Å². The number of hydrogen-bond acceptors (Lipinski definition) is 3. The fourth-order valence-corrected chi connectivity index (χ4v) is 1.69. The highest BCUT2D eigenvalue weighted by Gasteiger charge is 2.73. The van der Waals surface area contributed by atoms with Crippen molar-refractivity contribution in [3.8, 4) is 0 Å². The van der Waals surface area contributed by atoms with Crippen LogP contribution in [0.15, 0.2) is 24.3 Å². The van der Waals surface area contributed by atoms with Crippen LogP contribution in [0.4, 0.5) is 0 Å². The molecule has 3 saturated heterocycles. The molecule has 0 radical (unpaired) electrons. The van der Waals surface area contributed by atoms with E-state index in [1.807, 2.05) is 31.2 Å². The molecule has 0 saturated carbocycles. The molecule has 3 aliphatic heterocycles. The summed E-state index contributed by atoms with van der Waals surface area (Å²) in [6, 6.07) is 7.92. The molecule has 3 aliphatic rings. The molecule has 1 aromatic rings. The van der Waals surface area contributed by atoms with Crippen molar-refractivity contribution in [1.29, 1.82) is 0 Å². The first-order chi connectivity index (χ1) is 6.12. The fourth-order valence-electron chi connectivity index (χ4n) is 1.69. The van der Waals surface area contributed by atoms with Crippen molar-refractivity contribution in [2.24, 2.45) is 0 Å². The maximum atomic E-state index is 5.38. The lowest BCUT2D eigenvalue weighted by Crippen LogP contribution is -2.76. The maximum Gasteiger partial charge on any atom is 0.324 e. The Morgan fingerprint density at radius 3 is 2.00 bits per heavy atom. The molecule has 0 spiro atoms. The highest BCUT2D eigenvalue weighted by molar-refractivity contribution is 5.26. The van der Waals surface area contributed by atoms with Crippen LogP contribution in [0.25, 0.3) is 0 Å². The van der Waals surface area contributed by atoms with E-state index in [9.17, 15) is 0 Å². The zero-order chi connectivity index (χ0) is 9.10. The summed E-state index contributed by atoms with van der Waals surface area (Å²) in [5, 5.41) is 0. The average Bonchev–Trinajstić information content (AvgIpc) is 1.99. The van der Waals surface area contributed by atoms with Crippen LogP contribution < -0.4 is 0 Å². The normalized spacial score (nSPS) is 40.8. The smallest absolute Gasteiger partial charge is 0.265 e. The Morgan fingerprint density at radius 2 is 1.54 bits per heavy atom. The van der Waals surface area contributed by atoms with Crippen LogP contribution in [0.1, 0.15) is 18.1 Å². The molecule has 0 atom stereocenters. The molecular weight excluding hydrogens is 168 g/mol. The second kappa shape index (κ2) is 1.95. The van der Waals surface area contributed by atoms with Crippen molar-refractivity contribution in [2.45, 2.75) is 25.8 Å². The molecule has 3 heteroatoms. The summed E-state index contributed by atoms with van der Waals surface area (Å²) < 4.78 is 16.2. The minimum absolute atomic E-state index is 0.773. The summed E-state index contributed by atoms with van der Waals surface area (Å²) in [5.74, 6) is -1.66. The summed E-state index contributed by atoms with van der Waals surface area (Å²) in [6.07, 6.45) is 0. The number of rotatable bonds is 1. The highest BCUT2D eigenvalue weighted by atomic mass is 17.2. The van der Waals surface area contributed by atoms with Gasteiger partial charge < -0.3 is 0 Å². The van der Waals surface area contributed by atoms with Gasteiger partial charge in [-0.3, -0.25) is 14.2 Å². The Labute approximate surface area is 76.2 Å². The van der Waals surface area contributed by atoms with E-state index in [0.717, 1.165) is 5.56 Å². The molecule has 0 unspecified atom stereocenters. The molecule has 0 aliphatic carbocycles. The summed E-state index contributed by atoms with van der Waals surface area (Å²) >= 11 is 0. The summed E-state index contributed by atoms with van der Waals surface area (Å²) in [5.41, 5.74) is 2.13. The summed E-state index contributed by atoms with van der Waals surface area (Å²) in [6.45, 7) is 3.79. The van der Waals surface area contributed by atoms with Crippen molar-refractivity contribution < 1.29 is 14.2 Å². The molecule has 1 aromatic carbocycles. The van der Waals surface area contributed by atoms with Gasteiger partial charge in [-0.05, 0) is 6.92 Å². The first-order valence-electron chi connectivity index (χ1n) is 4.30. The Balaban J connectivity index is 1.91. The minimum Gasteiger partial charge on any atom is -0.265 e. The molecule has 3 heterocycles. The van der Waals surface area contributed by atoms with Gasteiger partial charge in [0, 0.05) is 12.5 Å². The van der Waals surface area contributed by atoms with Crippen molar-refractivity contribution in [3.63, 3.8) is 0 Å². The van der Waals surface area contributed by atoms with Gasteiger partial charge in [-0.2, -0.15) is 0 Å². The molecule has 0 N–H and O–H groups in total. The molecule has 2 bridgehead atoms. The third-order valence-electron chi connectivity index (χ3n) is 2.36. The fraction of sp³-hybridized carbons (Fsp3) is 0.400. The predicted molar refractivity (Wildman–Crippen MR) is 44.5 cm³/mol. The van der Waals surface area contributed by atoms with Gasteiger partial charge >= 0.3 is 5.97 Å². The second-order valence-corrected chi connectivity index (χ2v) is 3.59. The van der Waals surface area contributed by atoms with E-state index in [1.54, 1.807) is 6.92 Å². The van der Waals surface area contributed by atoms with Crippen LogP contribution in [0, 0.1) is 6.92 Å². The lowest BCUT2D eigenvalue weighted by Gasteiger charge is -2.64. The Bertz CT molecular complexity index is 335. The van der Waals surface area contributed by atoms with E-state index in [1.165, 1.54) is 5.56 Å². The van der Waals surface area contributed by atoms with Gasteiger partial charge in [-0.1, -0.05) is 29.8 Å². The molecule has 4 rings (SSSR count). The lowest BCUT2D eigenvalue weighted by atomic mass is 10.1. The van der Waals surface area contributed by atoms with Crippen molar-refractivity contribution >= 4 is 0 Å². The highest BCUT2D eigenvalue weighted by Crippen LogP contribution is 2.60. The number of aryl methyl sites for hydroxylation is 1. The van der Waals surface area contributed by atoms with E-state index < -0.39 is 11.9 Å². The van der Waals surface area contributed by atoms with Crippen LogP contribution in [0.5, 0.6) is 0 Å². The van der Waals surface area contributed by atoms with Gasteiger partial charge in [-0.25, -0.2) is 0 Å². The van der Waals surface area contributed by atoms with E-state index in [4.69, 9.17) is 14.2 Å². The number of benzene rings is 1. The molecule has 0 aromatic heterocycles. The number of ether oxygens (including phenoxy) is 3. The quantitative estimate of drug-likeness (QED) is 0.656. The zero-order valence-corrected chi connectivity index (χ0v) is 7.53. The van der Waals surface area contributed by atoms with Gasteiger partial charge in [0.05, 0.1) is 0 Å². The van der Waals surface area contributed by atoms with Crippen molar-refractivity contribution in [1.82, 2.24) is 0 Å². The topological polar surface area (TPSA) is 27.7 Å². The Kier molecular flexibility index (Phi) is 1.12. The molecule has 13 heavy (non-hydrogen) atoms. The van der Waals surface area contributed by atoms with Crippen LogP contribution >= 0.6 is 0 Å². The molecule has 68 valence electrons. The predicted octanol–water partition coefficient (Wildman–Crippen LogP) is 1.86. The monoisotopic (exact) mass is 178 g/mol. The third-order valence-corrected chi connectivity index (χ3v) is 2.36. The maximum absolute atomic E-state index is 5.38. The van der Waals surface area contributed by atoms with Crippen molar-refractivity contribution in [3.05, 3.63) is 35.4 Å². The van der Waals surface area contributed by atoms with Crippen molar-refractivity contribution in [2.75, 3.05) is 0 Å². The van der Waals surface area contributed by atoms with Crippen LogP contribution in [-0.4, -0.2) is 5.97 Å². The third kappa shape index (κ3) is 0.839. The Hall–Kier alpha value is -0.900. The molecule has 3 fully saturated rings. The van der Waals surface area contributed by atoms with Gasteiger partial charge in [-0.15, -0.1) is 0 Å². The lowest BCUT2D eigenvalue weighted by molar-refractivity contribution is -0.801. The number of hydrogen-bond donors (Lipinski definition) is 0. The average molecular weight is 178 g/mol. The van der Waals surface area contributed by atoms with Gasteiger partial charge in [0.1, 0.15) is 0 Å². The second-order valence-electron chi connectivity index (χ2n) is 3.59. The molecular formula is C10H10O3. The standard InChI is InChI=1S/C10H10O3/c1-7-3-5-8(6-4-7)10-11-9(2,12-10)13-10/h3-6H,1-2H3. The van der Waals surface area contributed by atoms with Crippen LogP contribution in [0.3, 0.4) is 0 Å². The SMILES string of the molecule is Cc1ccc(C23OC(C)(O2)O3)cc1. The van der Waals surface area contributed by atoms with Gasteiger partial charge in [0.2, 0.25) is 0 Å². The Morgan fingerprint density at radius 1 is 1.00 bits per heavy atom. The van der Waals surface area contributed by atoms with Gasteiger partial charge in [0.15, 0.2) is 0 Å². The van der Waals surface area contributed by atoms with E-state index in [-0.39, 0.29) is 0 Å². The molecule has 3 nitrogen and oxygen atoms in total. The largest absolute Gasteiger partial charge is 0.324 e. The summed E-state index contributed by atoms with van der Waals surface area (Å²) in [7, 11) is 0. The first kappa shape index (κ1) is 7.50. The van der Waals surface area contributed by atoms with Gasteiger partial charge in [0.25, 0.3) is 5.97 Å². The molecule has 0 amide bonds. The minimum atomic E-state index is -0.886. The first-order valence-corrected chi connectivity index (χ1v) is 4.30.